The summed E-state index contributed by atoms with van der Waals surface area (Å²) in [5, 5.41) is 12.6. The van der Waals surface area contributed by atoms with Gasteiger partial charge in [-0.2, -0.15) is 4.80 Å². The zero-order valence-electron chi connectivity index (χ0n) is 28.6. The third kappa shape index (κ3) is 8.58. The number of pyridine rings is 1. The molecule has 0 spiro atoms. The lowest BCUT2D eigenvalue weighted by atomic mass is 10.1. The number of aromatic nitrogens is 5. The lowest BCUT2D eigenvalue weighted by molar-refractivity contribution is -0.130. The fourth-order valence-corrected chi connectivity index (χ4v) is 12.0. The quantitative estimate of drug-likeness (QED) is 0.153. The number of tetrazole rings is 1. The van der Waals surface area contributed by atoms with Crippen LogP contribution in [-0.2, 0) is 17.9 Å². The molecule has 1 aromatic carbocycles. The first-order valence-corrected chi connectivity index (χ1v) is 18.5. The number of aryl methyl sites for hydroxylation is 1. The van der Waals surface area contributed by atoms with E-state index in [2.05, 4.69) is 79.8 Å². The lowest BCUT2D eigenvalue weighted by Crippen LogP contribution is -2.53. The fraction of sp³-hybridized carbons (Fsp3) is 0.559. The summed E-state index contributed by atoms with van der Waals surface area (Å²) in [7, 11) is -2.16. The number of halogens is 1. The van der Waals surface area contributed by atoms with Gasteiger partial charge in [-0.15, -0.1) is 10.2 Å². The standard InChI is InChI=1S/C34H50FN7O3Si/c1-24(2)46(25(3)4,26(5)6)45-32-12-9-29(30(19-32)22-42-38-28(8)37-39-42)10-14-34(43)41-17-16-40(21-27(41)7)23-31-11-13-33(20-36-31)44-18-15-35/h9-14,19-20,24-27H,15-18,21-23H2,1-8H3/b14-10+/t27-/m1/s1. The Labute approximate surface area is 274 Å². The molecule has 1 aliphatic heterocycles. The van der Waals surface area contributed by atoms with E-state index < -0.39 is 15.0 Å². The van der Waals surface area contributed by atoms with Crippen molar-refractivity contribution in [3.63, 3.8) is 0 Å². The number of piperazine rings is 1. The zero-order chi connectivity index (χ0) is 33.4. The van der Waals surface area contributed by atoms with Gasteiger partial charge in [-0.25, -0.2) is 4.39 Å². The van der Waals surface area contributed by atoms with Crippen LogP contribution in [0.1, 0.15) is 71.1 Å². The number of carbonyl (C=O) groups excluding carboxylic acids is 1. The molecule has 0 radical (unpaired) electrons. The van der Waals surface area contributed by atoms with Gasteiger partial charge in [-0.3, -0.25) is 14.7 Å². The Morgan fingerprint density at radius 2 is 1.76 bits per heavy atom. The molecule has 0 aliphatic carbocycles. The summed E-state index contributed by atoms with van der Waals surface area (Å²) in [6.45, 7) is 20.2. The summed E-state index contributed by atoms with van der Waals surface area (Å²) in [6, 6.07) is 9.89. The van der Waals surface area contributed by atoms with E-state index in [-0.39, 0.29) is 18.6 Å². The van der Waals surface area contributed by atoms with Crippen molar-refractivity contribution in [3.05, 3.63) is 65.2 Å². The summed E-state index contributed by atoms with van der Waals surface area (Å²) in [5.41, 5.74) is 4.12. The third-order valence-electron chi connectivity index (χ3n) is 8.91. The maximum Gasteiger partial charge on any atom is 0.258 e. The van der Waals surface area contributed by atoms with Crippen molar-refractivity contribution in [2.24, 2.45) is 0 Å². The smallest absolute Gasteiger partial charge is 0.258 e. The van der Waals surface area contributed by atoms with E-state index in [9.17, 15) is 9.18 Å². The highest BCUT2D eigenvalue weighted by atomic mass is 28.4. The van der Waals surface area contributed by atoms with Crippen LogP contribution in [0.3, 0.4) is 0 Å². The van der Waals surface area contributed by atoms with Crippen LogP contribution in [0, 0.1) is 6.92 Å². The second-order valence-electron chi connectivity index (χ2n) is 13.1. The number of hydrogen-bond donors (Lipinski definition) is 0. The van der Waals surface area contributed by atoms with Crippen LogP contribution in [0.5, 0.6) is 11.5 Å². The van der Waals surface area contributed by atoms with Crippen LogP contribution < -0.4 is 9.16 Å². The molecular weight excluding hydrogens is 602 g/mol. The second-order valence-corrected chi connectivity index (χ2v) is 18.5. The molecule has 1 aliphatic rings. The van der Waals surface area contributed by atoms with Crippen molar-refractivity contribution in [3.8, 4) is 11.5 Å². The molecule has 1 fully saturated rings. The summed E-state index contributed by atoms with van der Waals surface area (Å²) in [6.07, 6.45) is 5.18. The highest BCUT2D eigenvalue weighted by Gasteiger charge is 2.47. The van der Waals surface area contributed by atoms with Gasteiger partial charge < -0.3 is 14.1 Å². The molecule has 2 aromatic heterocycles. The number of hydrogen-bond acceptors (Lipinski definition) is 8. The van der Waals surface area contributed by atoms with E-state index in [1.165, 1.54) is 0 Å². The van der Waals surface area contributed by atoms with Crippen LogP contribution in [0.25, 0.3) is 6.08 Å². The van der Waals surface area contributed by atoms with Crippen LogP contribution in [0.15, 0.2) is 42.6 Å². The molecule has 0 unspecified atom stereocenters. The topological polar surface area (TPSA) is 98.5 Å². The second kappa shape index (κ2) is 15.8. The van der Waals surface area contributed by atoms with E-state index in [1.807, 2.05) is 42.2 Å². The normalized spacial score (nSPS) is 16.3. The molecule has 10 nitrogen and oxygen atoms in total. The average Bonchev–Trinajstić information content (AvgIpc) is 3.42. The highest BCUT2D eigenvalue weighted by molar-refractivity contribution is 6.78. The lowest BCUT2D eigenvalue weighted by Gasteiger charge is -2.42. The van der Waals surface area contributed by atoms with Gasteiger partial charge in [-0.05, 0) is 77.2 Å². The minimum absolute atomic E-state index is 0.0218. The Kier molecular flexibility index (Phi) is 12.1. The predicted molar refractivity (Wildman–Crippen MR) is 181 cm³/mol. The maximum atomic E-state index is 13.4. The molecule has 46 heavy (non-hydrogen) atoms. The van der Waals surface area contributed by atoms with E-state index in [1.54, 1.807) is 17.1 Å². The summed E-state index contributed by atoms with van der Waals surface area (Å²) in [5.74, 6) is 1.99. The average molecular weight is 652 g/mol. The number of ether oxygens (including phenoxy) is 1. The number of carbonyl (C=O) groups is 1. The van der Waals surface area contributed by atoms with Gasteiger partial charge in [0, 0.05) is 38.3 Å². The van der Waals surface area contributed by atoms with Gasteiger partial charge in [0.25, 0.3) is 8.32 Å². The van der Waals surface area contributed by atoms with Crippen LogP contribution in [0.4, 0.5) is 4.39 Å². The van der Waals surface area contributed by atoms with Crippen LogP contribution >= 0.6 is 0 Å². The zero-order valence-corrected chi connectivity index (χ0v) is 29.6. The Bertz CT molecular complexity index is 1440. The van der Waals surface area contributed by atoms with Gasteiger partial charge in [0.05, 0.1) is 18.4 Å². The monoisotopic (exact) mass is 651 g/mol. The molecule has 1 amide bonds. The van der Waals surface area contributed by atoms with Crippen molar-refractivity contribution < 1.29 is 18.3 Å². The van der Waals surface area contributed by atoms with Crippen molar-refractivity contribution in [2.75, 3.05) is 32.9 Å². The number of rotatable bonds is 14. The van der Waals surface area contributed by atoms with Crippen LogP contribution in [0.2, 0.25) is 16.6 Å². The SMILES string of the molecule is Cc1nnn(Cc2cc(O[Si](C(C)C)(C(C)C)C(C)C)ccc2/C=C/C(=O)N2CCN(Cc3ccc(OCCF)cn3)C[C@H]2C)n1. The minimum Gasteiger partial charge on any atom is -0.543 e. The van der Waals surface area contributed by atoms with Crippen molar-refractivity contribution in [2.45, 2.75) is 91.1 Å². The minimum atomic E-state index is -2.16. The Morgan fingerprint density at radius 3 is 2.35 bits per heavy atom. The summed E-state index contributed by atoms with van der Waals surface area (Å²) < 4.78 is 24.6. The summed E-state index contributed by atoms with van der Waals surface area (Å²) >= 11 is 0. The molecule has 250 valence electrons. The first-order valence-electron chi connectivity index (χ1n) is 16.3. The largest absolute Gasteiger partial charge is 0.543 e. The molecule has 1 atom stereocenters. The van der Waals surface area contributed by atoms with Gasteiger partial charge >= 0.3 is 0 Å². The van der Waals surface area contributed by atoms with Gasteiger partial charge in [0.2, 0.25) is 5.91 Å². The van der Waals surface area contributed by atoms with Gasteiger partial charge in [0.1, 0.15) is 24.8 Å². The number of benzene rings is 1. The van der Waals surface area contributed by atoms with Gasteiger partial charge in [0.15, 0.2) is 5.82 Å². The van der Waals surface area contributed by atoms with Gasteiger partial charge in [-0.1, -0.05) is 47.6 Å². The molecule has 0 bridgehead atoms. The van der Waals surface area contributed by atoms with Crippen molar-refractivity contribution in [1.29, 1.82) is 0 Å². The van der Waals surface area contributed by atoms with E-state index in [4.69, 9.17) is 9.16 Å². The third-order valence-corrected chi connectivity index (χ3v) is 14.9. The number of alkyl halides is 1. The first-order chi connectivity index (χ1) is 21.9. The molecule has 0 saturated carbocycles. The highest BCUT2D eigenvalue weighted by Crippen LogP contribution is 2.43. The predicted octanol–water partition coefficient (Wildman–Crippen LogP) is 6.07. The fourth-order valence-electron chi connectivity index (χ4n) is 6.78. The maximum absolute atomic E-state index is 13.4. The van der Waals surface area contributed by atoms with E-state index >= 15 is 0 Å². The summed E-state index contributed by atoms with van der Waals surface area (Å²) in [4.78, 5) is 23.7. The van der Waals surface area contributed by atoms with Crippen molar-refractivity contribution >= 4 is 20.3 Å². The van der Waals surface area contributed by atoms with E-state index in [0.29, 0.717) is 47.8 Å². The Hall–Kier alpha value is -3.64. The molecule has 0 N–H and O–H groups in total. The molecule has 12 heteroatoms. The molecule has 4 rings (SSSR count). The molecular formula is C34H50FN7O3Si. The molecule has 1 saturated heterocycles. The Morgan fingerprint density at radius 1 is 1.04 bits per heavy atom. The molecule has 3 aromatic rings. The van der Waals surface area contributed by atoms with E-state index in [0.717, 1.165) is 35.7 Å². The number of nitrogens with zero attached hydrogens (tertiary/aromatic N) is 7. The number of amides is 1. The Balaban J connectivity index is 1.47. The van der Waals surface area contributed by atoms with Crippen molar-refractivity contribution in [1.82, 2.24) is 35.0 Å². The van der Waals surface area contributed by atoms with Crippen LogP contribution in [-0.4, -0.2) is 88.2 Å². The first kappa shape index (κ1) is 35.2. The molecule has 3 heterocycles.